The van der Waals surface area contributed by atoms with E-state index in [0.717, 1.165) is 28.0 Å². The van der Waals surface area contributed by atoms with Crippen molar-refractivity contribution in [1.29, 1.82) is 0 Å². The minimum absolute atomic E-state index is 0. The standard InChI is InChI=1S/C26H24ClF2N3O5.C18H21NO5.C13H12O3.C12H13ClF2N2O.C11H10O2.C6H11BrO2.2ClH/c1-14(33)19-12-31(21-8-15(26(36)37-2)6-7-18(19)21)13-23(34)32-11-17(28)9-22(32)25(35)30-10-16-4-3-5-20(27)24(16)29;1-11(20)14-9-19(10-16(21)24-18(2,3)4)15-8-12(17(22)23-5)6-7-13(14)15;1-8(14)11-5-3-9-7-10(13(15)16-2)4-6-12(9)11;13-9-3-1-2-7(11(9)15)5-17-12(18)10-4-8(14)6-16-10;1-13-11(12)10-6-5-8-3-2-4-9(8)7-10;1-6(2,3)9-5(8)4-7;;/h3-8,12,17,22H,9-11,13H2,1-2H3,(H,30,35);6-9H,10H2,1-5H3;4-7H,3H2,1-2H3;1-3,8,10,16H,4-6H2,(H,17,18);2-3,5-7H,4H2,1H3;4H2,1-3H3;2*1H/t17-,22+;;;8-,10+;;;;/m1..1..../s1. The molecule has 0 radical (unpaired) electrons. The molecule has 33 heteroatoms. The molecule has 0 spiro atoms. The maximum absolute atomic E-state index is 14.4. The molecule has 24 nitrogen and oxygen atoms in total. The Labute approximate surface area is 716 Å². The first-order chi connectivity index (χ1) is 55.2. The van der Waals surface area contributed by atoms with Crippen LogP contribution in [0.4, 0.5) is 17.6 Å². The van der Waals surface area contributed by atoms with Crippen molar-refractivity contribution in [3.63, 3.8) is 0 Å². The van der Waals surface area contributed by atoms with Crippen LogP contribution in [0.3, 0.4) is 0 Å². The van der Waals surface area contributed by atoms with Crippen molar-refractivity contribution >= 4 is 168 Å². The molecule has 4 atom stereocenters. The lowest BCUT2D eigenvalue weighted by molar-refractivity contribution is -0.155. The molecule has 0 unspecified atom stereocenters. The highest BCUT2D eigenvalue weighted by atomic mass is 79.9. The van der Waals surface area contributed by atoms with Gasteiger partial charge < -0.3 is 58.4 Å². The number of carbonyl (C=O) groups excluding carboxylic acids is 12. The van der Waals surface area contributed by atoms with Gasteiger partial charge in [-0.3, -0.25) is 38.4 Å². The summed E-state index contributed by atoms with van der Waals surface area (Å²) in [5.41, 5.74) is 8.22. The number of carbonyl (C=O) groups is 12. The van der Waals surface area contributed by atoms with Crippen LogP contribution in [0.1, 0.15) is 171 Å². The van der Waals surface area contributed by atoms with Crippen molar-refractivity contribution in [3.8, 4) is 0 Å². The van der Waals surface area contributed by atoms with Gasteiger partial charge in [-0.15, -0.1) is 24.8 Å². The third kappa shape index (κ3) is 27.8. The number of aromatic nitrogens is 2. The highest BCUT2D eigenvalue weighted by Gasteiger charge is 2.40. The van der Waals surface area contributed by atoms with E-state index in [1.807, 2.05) is 45.0 Å². The van der Waals surface area contributed by atoms with E-state index in [9.17, 15) is 75.1 Å². The monoisotopic (exact) mass is 1790 g/mol. The quantitative estimate of drug-likeness (QED) is 0.0236. The number of rotatable bonds is 18. The number of fused-ring (bicyclic) bond motifs is 4. The van der Waals surface area contributed by atoms with E-state index in [1.54, 1.807) is 93.1 Å². The van der Waals surface area contributed by atoms with Crippen LogP contribution in [-0.4, -0.2) is 167 Å². The first-order valence-electron chi connectivity index (χ1n) is 36.7. The summed E-state index contributed by atoms with van der Waals surface area (Å²) in [6.45, 7) is 14.7. The summed E-state index contributed by atoms with van der Waals surface area (Å²) in [7, 11) is 5.29. The van der Waals surface area contributed by atoms with Gasteiger partial charge in [0.25, 0.3) is 0 Å². The third-order valence-electron chi connectivity index (χ3n) is 18.1. The average molecular weight is 1800 g/mol. The number of amides is 3. The van der Waals surface area contributed by atoms with Gasteiger partial charge in [-0.25, -0.2) is 36.7 Å². The number of hydrogen-bond acceptors (Lipinski definition) is 19. The second-order valence-electron chi connectivity index (χ2n) is 29.0. The number of Topliss-reactive ketones (excluding diaryl/α,β-unsaturated/α-hetero) is 3. The second kappa shape index (κ2) is 45.0. The van der Waals surface area contributed by atoms with Gasteiger partial charge in [-0.05, 0) is 158 Å². The van der Waals surface area contributed by atoms with Gasteiger partial charge in [-0.1, -0.05) is 106 Å². The molecular formula is C86H93BrCl4F4N6O18. The number of likely N-dealkylation sites (tertiary alicyclic amines) is 1. The fourth-order valence-corrected chi connectivity index (χ4v) is 13.1. The number of hydrogen-bond donors (Lipinski definition) is 3. The molecule has 6 aromatic carbocycles. The lowest BCUT2D eigenvalue weighted by Crippen LogP contribution is -2.46. The van der Waals surface area contributed by atoms with E-state index in [1.165, 1.54) is 101 Å². The number of methoxy groups -OCH3 is 4. The fourth-order valence-electron chi connectivity index (χ4n) is 12.6. The minimum Gasteiger partial charge on any atom is -0.465 e. The smallest absolute Gasteiger partial charge is 0.337 e. The molecule has 12 rings (SSSR count). The Bertz CT molecular complexity index is 5170. The number of ether oxygens (including phenoxy) is 6. The van der Waals surface area contributed by atoms with Crippen LogP contribution in [0, 0.1) is 11.6 Å². The molecule has 4 heterocycles. The zero-order valence-corrected chi connectivity index (χ0v) is 72.2. The SMILES string of the molecule is CC(C)(C)OC(=O)CBr.COC(=O)c1ccc2c(C(C)=O)cn(CC(=O)N3C[C@H](F)C[C@H]3C(=O)NCc3cccc(Cl)c3F)c2c1.COC(=O)c1ccc2c(C(C)=O)cn(CC(=O)OC(C)(C)C)c2c1.COC(=O)c1ccc2c(c1)CC=C2.COC(=O)c1ccc2c(c1)CC=C2C(C)=O.Cl.Cl.O=C(NCc1cccc(Cl)c1F)[C@@H]1C[C@@H](F)CN1. The van der Waals surface area contributed by atoms with Crippen molar-refractivity contribution in [1.82, 2.24) is 30.0 Å². The Hall–Kier alpha value is -10.6. The van der Waals surface area contributed by atoms with Gasteiger partial charge in [0.1, 0.15) is 59.6 Å². The highest BCUT2D eigenvalue weighted by Crippen LogP contribution is 2.32. The molecule has 2 fully saturated rings. The molecule has 638 valence electrons. The van der Waals surface area contributed by atoms with Gasteiger partial charge in [-0.2, -0.15) is 0 Å². The summed E-state index contributed by atoms with van der Waals surface area (Å²) in [4.78, 5) is 143. The van der Waals surface area contributed by atoms with E-state index < -0.39 is 71.4 Å². The maximum atomic E-state index is 14.4. The van der Waals surface area contributed by atoms with Crippen LogP contribution in [0.5, 0.6) is 0 Å². The predicted molar refractivity (Wildman–Crippen MR) is 450 cm³/mol. The van der Waals surface area contributed by atoms with E-state index in [2.05, 4.69) is 53.5 Å². The summed E-state index contributed by atoms with van der Waals surface area (Å²) in [5, 5.41) is 9.29. The third-order valence-corrected chi connectivity index (χ3v) is 19.1. The Morgan fingerprint density at radius 2 is 1.00 bits per heavy atom. The van der Waals surface area contributed by atoms with Crippen LogP contribution in [0.15, 0.2) is 134 Å². The van der Waals surface area contributed by atoms with E-state index in [0.29, 0.717) is 61.6 Å². The van der Waals surface area contributed by atoms with Crippen molar-refractivity contribution in [2.75, 3.05) is 46.9 Å². The van der Waals surface area contributed by atoms with Gasteiger partial charge in [0.2, 0.25) is 17.7 Å². The summed E-state index contributed by atoms with van der Waals surface area (Å²) >= 11 is 14.4. The summed E-state index contributed by atoms with van der Waals surface area (Å²) in [5.74, 6) is -5.32. The first-order valence-corrected chi connectivity index (χ1v) is 38.5. The van der Waals surface area contributed by atoms with Crippen molar-refractivity contribution in [2.24, 2.45) is 0 Å². The zero-order valence-electron chi connectivity index (χ0n) is 67.5. The number of nitrogens with zero attached hydrogens (tertiary/aromatic N) is 3. The predicted octanol–water partition coefficient (Wildman–Crippen LogP) is 15.1. The molecule has 2 aliphatic carbocycles. The number of halogens is 9. The number of ketones is 3. The van der Waals surface area contributed by atoms with E-state index >= 15 is 0 Å². The van der Waals surface area contributed by atoms with Gasteiger partial charge in [0, 0.05) is 83.5 Å². The van der Waals surface area contributed by atoms with Gasteiger partial charge in [0.05, 0.1) is 84.4 Å². The van der Waals surface area contributed by atoms with Crippen LogP contribution >= 0.6 is 63.9 Å². The Kier molecular flexibility index (Phi) is 37.5. The van der Waals surface area contributed by atoms with Crippen LogP contribution in [-0.2, 0) is 96.2 Å². The van der Waals surface area contributed by atoms with E-state index in [-0.39, 0.29) is 150 Å². The average Bonchev–Trinajstić information content (AvgIpc) is 1.72. The molecule has 0 bridgehead atoms. The molecule has 3 amide bonds. The molecule has 2 saturated heterocycles. The second-order valence-corrected chi connectivity index (χ2v) is 30.4. The number of esters is 6. The number of alkyl halides is 3. The molecular weight excluding hydrogens is 1700 g/mol. The molecule has 119 heavy (non-hydrogen) atoms. The molecule has 8 aromatic rings. The Morgan fingerprint density at radius 3 is 1.45 bits per heavy atom. The molecule has 4 aliphatic rings. The zero-order chi connectivity index (χ0) is 86.5. The highest BCUT2D eigenvalue weighted by molar-refractivity contribution is 9.09. The molecule has 3 N–H and O–H groups in total. The summed E-state index contributed by atoms with van der Waals surface area (Å²) in [6.07, 6.45) is 8.32. The Balaban J connectivity index is 0.000000268. The fraction of sp³-hybridized carbons (Fsp3) is 0.349. The number of allylic oxidation sites excluding steroid dienone is 3. The van der Waals surface area contributed by atoms with Crippen LogP contribution in [0.25, 0.3) is 33.5 Å². The molecule has 2 aromatic heterocycles. The summed E-state index contributed by atoms with van der Waals surface area (Å²) < 4.78 is 87.0. The van der Waals surface area contributed by atoms with Crippen molar-refractivity contribution < 1.29 is 104 Å². The van der Waals surface area contributed by atoms with Crippen LogP contribution in [0.2, 0.25) is 10.0 Å². The van der Waals surface area contributed by atoms with Crippen molar-refractivity contribution in [3.05, 3.63) is 222 Å². The number of nitrogens with one attached hydrogen (secondary N) is 3. The van der Waals surface area contributed by atoms with Gasteiger partial charge >= 0.3 is 35.8 Å². The van der Waals surface area contributed by atoms with E-state index in [4.69, 9.17) is 42.1 Å². The summed E-state index contributed by atoms with van der Waals surface area (Å²) in [6, 6.07) is 27.8. The lowest BCUT2D eigenvalue weighted by Gasteiger charge is -2.24. The van der Waals surface area contributed by atoms with Gasteiger partial charge in [0.15, 0.2) is 17.3 Å². The number of benzene rings is 6. The Morgan fingerprint density at radius 1 is 0.546 bits per heavy atom. The molecule has 0 saturated carbocycles. The first kappa shape index (κ1) is 99.0. The molecule has 2 aliphatic heterocycles. The lowest BCUT2D eigenvalue weighted by atomic mass is 10.0. The normalized spacial score (nSPS) is 15.1. The topological polar surface area (TPSA) is 309 Å². The van der Waals surface area contributed by atoms with Crippen molar-refractivity contribution in [2.45, 2.75) is 150 Å². The maximum Gasteiger partial charge on any atom is 0.337 e. The van der Waals surface area contributed by atoms with Crippen LogP contribution < -0.4 is 16.0 Å². The largest absolute Gasteiger partial charge is 0.465 e. The minimum atomic E-state index is -1.41.